The summed E-state index contributed by atoms with van der Waals surface area (Å²) >= 11 is 0. The topological polar surface area (TPSA) is 0 Å². The van der Waals surface area contributed by atoms with Crippen LogP contribution in [0.15, 0.2) is 78.4 Å². The van der Waals surface area contributed by atoms with Gasteiger partial charge in [-0.2, -0.15) is 0 Å². The van der Waals surface area contributed by atoms with E-state index in [9.17, 15) is 26.3 Å². The number of allylic oxidation sites excluding steroid dienone is 1. The van der Waals surface area contributed by atoms with Crippen LogP contribution in [0.5, 0.6) is 0 Å². The van der Waals surface area contributed by atoms with E-state index in [1.807, 2.05) is 43.4 Å². The predicted molar refractivity (Wildman–Crippen MR) is 167 cm³/mol. The Bertz CT molecular complexity index is 2120. The van der Waals surface area contributed by atoms with Crippen LogP contribution in [0.4, 0.5) is 43.9 Å². The van der Waals surface area contributed by atoms with E-state index < -0.39 is 89.1 Å². The SMILES string of the molecule is CCC1=C(c2c(F)c(F)c(F)c(F)c2F)c2c(ccc(-c3c(F)c(F)c(F)c(F)c3F)c2-c2ccccc2)C1=B[Si](C)c1ccccc1. The molecule has 0 saturated heterocycles. The third-order valence-electron chi connectivity index (χ3n) is 8.32. The molecule has 0 nitrogen and oxygen atoms in total. The fourth-order valence-corrected chi connectivity index (χ4v) is 7.77. The Labute approximate surface area is 270 Å². The van der Waals surface area contributed by atoms with Crippen LogP contribution in [-0.4, -0.2) is 20.6 Å². The molecule has 0 N–H and O–H groups in total. The maximum absolute atomic E-state index is 15.7. The Kier molecular flexibility index (Phi) is 8.80. The van der Waals surface area contributed by atoms with Crippen molar-refractivity contribution in [2.45, 2.75) is 19.9 Å². The van der Waals surface area contributed by atoms with Crippen LogP contribution >= 0.6 is 0 Å². The molecular formula is C36H20BF10Si. The number of hydrogen-bond acceptors (Lipinski definition) is 0. The molecule has 0 atom stereocenters. The first kappa shape index (κ1) is 33.2. The van der Waals surface area contributed by atoms with Gasteiger partial charge in [-0.05, 0) is 0 Å². The second-order valence-corrected chi connectivity index (χ2v) is 13.2. The van der Waals surface area contributed by atoms with E-state index in [4.69, 9.17) is 0 Å². The number of halogens is 10. The van der Waals surface area contributed by atoms with Crippen molar-refractivity contribution in [1.29, 1.82) is 0 Å². The molecule has 0 saturated carbocycles. The van der Waals surface area contributed by atoms with Crippen LogP contribution in [0.25, 0.3) is 27.8 Å². The van der Waals surface area contributed by atoms with Gasteiger partial charge in [-0.1, -0.05) is 0 Å². The zero-order valence-electron chi connectivity index (χ0n) is 25.0. The second-order valence-electron chi connectivity index (χ2n) is 11.0. The van der Waals surface area contributed by atoms with Crippen molar-refractivity contribution in [3.8, 4) is 22.3 Å². The molecule has 1 radical (unpaired) electrons. The summed E-state index contributed by atoms with van der Waals surface area (Å²) in [5.41, 5.74) is -3.24. The normalized spacial score (nSPS) is 13.5. The van der Waals surface area contributed by atoms with Crippen LogP contribution in [0.1, 0.15) is 30.0 Å². The van der Waals surface area contributed by atoms with E-state index in [2.05, 4.69) is 0 Å². The maximum atomic E-state index is 15.7. The number of rotatable bonds is 6. The molecule has 6 rings (SSSR count). The Morgan fingerprint density at radius 1 is 0.479 bits per heavy atom. The van der Waals surface area contributed by atoms with Crippen molar-refractivity contribution in [3.63, 3.8) is 0 Å². The Morgan fingerprint density at radius 3 is 1.42 bits per heavy atom. The van der Waals surface area contributed by atoms with Gasteiger partial charge in [0.05, 0.1) is 0 Å². The molecule has 5 aromatic rings. The zero-order valence-corrected chi connectivity index (χ0v) is 26.0. The summed E-state index contributed by atoms with van der Waals surface area (Å²) in [5.74, 6) is -22.3. The van der Waals surface area contributed by atoms with Gasteiger partial charge in [0.15, 0.2) is 0 Å². The van der Waals surface area contributed by atoms with Crippen LogP contribution in [0.2, 0.25) is 6.55 Å². The van der Waals surface area contributed by atoms with Crippen LogP contribution < -0.4 is 5.19 Å². The van der Waals surface area contributed by atoms with Gasteiger partial charge in [0.1, 0.15) is 0 Å². The van der Waals surface area contributed by atoms with E-state index in [1.165, 1.54) is 30.3 Å². The fraction of sp³-hybridized carbons (Fsp3) is 0.0833. The average Bonchev–Trinajstić information content (AvgIpc) is 3.41. The monoisotopic (exact) mass is 681 g/mol. The molecule has 0 aliphatic heterocycles. The molecule has 1 aliphatic carbocycles. The molecule has 0 spiro atoms. The van der Waals surface area contributed by atoms with Crippen LogP contribution in [0.3, 0.4) is 0 Å². The summed E-state index contributed by atoms with van der Waals surface area (Å²) in [7, 11) is -1.60. The standard InChI is InChI=1S/C36H20BF10Si/c1-3-18-22(25-29(40)33(44)36(47)34(45)30(25)41)23-20(26(18)37-48(2)17-12-8-5-9-13-17)15-14-19(21(23)16-10-6-4-7-11-16)24-27(38)31(42)35(46)32(43)28(24)39/h4-15H,3H2,1-2H3. The van der Waals surface area contributed by atoms with Crippen molar-refractivity contribution >= 4 is 31.4 Å². The van der Waals surface area contributed by atoms with E-state index in [0.717, 1.165) is 11.3 Å². The minimum atomic E-state index is -2.39. The fourth-order valence-electron chi connectivity index (χ4n) is 6.12. The first-order valence-electron chi connectivity index (χ1n) is 14.5. The van der Waals surface area contributed by atoms with Crippen molar-refractivity contribution in [3.05, 3.63) is 153 Å². The summed E-state index contributed by atoms with van der Waals surface area (Å²) in [4.78, 5) is 0. The summed E-state index contributed by atoms with van der Waals surface area (Å²) in [6, 6.07) is 19.0. The van der Waals surface area contributed by atoms with E-state index in [1.54, 1.807) is 13.0 Å². The van der Waals surface area contributed by atoms with Crippen molar-refractivity contribution in [2.24, 2.45) is 0 Å². The Balaban J connectivity index is 1.83. The van der Waals surface area contributed by atoms with Gasteiger partial charge >= 0.3 is 271 Å². The molecule has 1 aliphatic rings. The summed E-state index contributed by atoms with van der Waals surface area (Å²) < 4.78 is 149. The molecule has 0 fully saturated rings. The van der Waals surface area contributed by atoms with Gasteiger partial charge in [0.2, 0.25) is 0 Å². The molecular weight excluding hydrogens is 661 g/mol. The van der Waals surface area contributed by atoms with E-state index in [0.29, 0.717) is 5.46 Å². The van der Waals surface area contributed by atoms with Gasteiger partial charge in [-0.3, -0.25) is 0 Å². The molecule has 0 amide bonds. The molecule has 241 valence electrons. The summed E-state index contributed by atoms with van der Waals surface area (Å²) in [5, 5.41) is 0.915. The van der Waals surface area contributed by atoms with Crippen molar-refractivity contribution in [2.75, 3.05) is 0 Å². The third-order valence-corrected chi connectivity index (χ3v) is 10.3. The Morgan fingerprint density at radius 2 is 0.917 bits per heavy atom. The molecule has 0 bridgehead atoms. The summed E-state index contributed by atoms with van der Waals surface area (Å²) in [6.45, 7) is 5.33. The molecule has 0 heterocycles. The van der Waals surface area contributed by atoms with Crippen molar-refractivity contribution < 1.29 is 43.9 Å². The van der Waals surface area contributed by atoms with Crippen LogP contribution in [-0.2, 0) is 0 Å². The predicted octanol–water partition coefficient (Wildman–Crippen LogP) is 9.39. The number of benzene rings is 5. The average molecular weight is 681 g/mol. The Hall–Kier alpha value is -4.71. The first-order chi connectivity index (χ1) is 22.9. The van der Waals surface area contributed by atoms with E-state index >= 15 is 17.6 Å². The quantitative estimate of drug-likeness (QED) is 0.0726. The first-order valence-corrected chi connectivity index (χ1v) is 16.6. The van der Waals surface area contributed by atoms with E-state index in [-0.39, 0.29) is 34.2 Å². The molecule has 0 aromatic heterocycles. The molecule has 12 heteroatoms. The third kappa shape index (κ3) is 5.13. The molecule has 48 heavy (non-hydrogen) atoms. The van der Waals surface area contributed by atoms with Crippen LogP contribution in [0, 0.1) is 58.2 Å². The zero-order chi connectivity index (χ0) is 34.6. The van der Waals surface area contributed by atoms with Gasteiger partial charge in [-0.15, -0.1) is 0 Å². The summed E-state index contributed by atoms with van der Waals surface area (Å²) in [6.07, 6.45) is -0.00856. The number of hydrogen-bond donors (Lipinski definition) is 0. The minimum absolute atomic E-state index is 0.00856. The van der Waals surface area contributed by atoms with Gasteiger partial charge in [-0.25, -0.2) is 0 Å². The number of fused-ring (bicyclic) bond motifs is 1. The second kappa shape index (κ2) is 12.7. The molecule has 5 aromatic carbocycles. The molecule has 0 unspecified atom stereocenters. The van der Waals surface area contributed by atoms with Gasteiger partial charge in [0, 0.05) is 0 Å². The van der Waals surface area contributed by atoms with Gasteiger partial charge in [0.25, 0.3) is 0 Å². The van der Waals surface area contributed by atoms with Gasteiger partial charge < -0.3 is 0 Å². The van der Waals surface area contributed by atoms with Crippen molar-refractivity contribution in [1.82, 2.24) is 0 Å².